The highest BCUT2D eigenvalue weighted by atomic mass is 19.4. The summed E-state index contributed by atoms with van der Waals surface area (Å²) in [5.41, 5.74) is 8.62. The molecule has 0 saturated heterocycles. The smallest absolute Gasteiger partial charge is 0.389 e. The van der Waals surface area contributed by atoms with Crippen molar-refractivity contribution in [1.29, 1.82) is 0 Å². The van der Waals surface area contributed by atoms with E-state index in [9.17, 15) is 13.2 Å². The van der Waals surface area contributed by atoms with Gasteiger partial charge in [-0.05, 0) is 37.9 Å². The lowest BCUT2D eigenvalue weighted by atomic mass is 10.1. The second kappa shape index (κ2) is 6.64. The van der Waals surface area contributed by atoms with Crippen molar-refractivity contribution in [1.82, 2.24) is 5.32 Å². The van der Waals surface area contributed by atoms with Crippen LogP contribution in [0.4, 0.5) is 18.9 Å². The van der Waals surface area contributed by atoms with Crippen LogP contribution in [-0.4, -0.2) is 12.7 Å². The van der Waals surface area contributed by atoms with E-state index in [2.05, 4.69) is 5.32 Å². The van der Waals surface area contributed by atoms with Crippen LogP contribution in [0.25, 0.3) is 0 Å². The zero-order chi connectivity index (χ0) is 13.6. The molecule has 2 nitrogen and oxygen atoms in total. The van der Waals surface area contributed by atoms with Crippen molar-refractivity contribution < 1.29 is 13.2 Å². The Bertz CT molecular complexity index is 375. The normalized spacial score (nSPS) is 11.8. The maximum Gasteiger partial charge on any atom is 0.389 e. The molecule has 0 aliphatic rings. The Morgan fingerprint density at radius 1 is 1.22 bits per heavy atom. The molecule has 3 N–H and O–H groups in total. The number of anilines is 1. The highest BCUT2D eigenvalue weighted by Crippen LogP contribution is 2.21. The molecule has 0 saturated carbocycles. The largest absolute Gasteiger partial charge is 0.398 e. The topological polar surface area (TPSA) is 38.0 Å². The molecule has 0 heterocycles. The predicted octanol–water partition coefficient (Wildman–Crippen LogP) is 3.40. The molecule has 5 heteroatoms. The van der Waals surface area contributed by atoms with Crippen molar-refractivity contribution in [2.24, 2.45) is 0 Å². The number of aryl methyl sites for hydroxylation is 1. The van der Waals surface area contributed by atoms with Gasteiger partial charge >= 0.3 is 6.18 Å². The first-order valence-electron chi connectivity index (χ1n) is 6.01. The Morgan fingerprint density at radius 2 is 1.94 bits per heavy atom. The van der Waals surface area contributed by atoms with Crippen LogP contribution < -0.4 is 11.1 Å². The first-order chi connectivity index (χ1) is 8.38. The minimum Gasteiger partial charge on any atom is -0.398 e. The molecule has 18 heavy (non-hydrogen) atoms. The Labute approximate surface area is 105 Å². The van der Waals surface area contributed by atoms with Crippen molar-refractivity contribution in [2.75, 3.05) is 12.3 Å². The molecule has 0 bridgehead atoms. The van der Waals surface area contributed by atoms with E-state index < -0.39 is 12.6 Å². The van der Waals surface area contributed by atoms with Gasteiger partial charge in [-0.1, -0.05) is 17.7 Å². The van der Waals surface area contributed by atoms with Crippen LogP contribution >= 0.6 is 0 Å². The SMILES string of the molecule is Cc1ccc(N)c(CNCCCCC(F)(F)F)c1. The van der Waals surface area contributed by atoms with Crippen LogP contribution in [0.2, 0.25) is 0 Å². The molecule has 102 valence electrons. The van der Waals surface area contributed by atoms with E-state index in [0.717, 1.165) is 11.1 Å². The molecule has 1 aromatic rings. The number of alkyl halides is 3. The van der Waals surface area contributed by atoms with E-state index >= 15 is 0 Å². The van der Waals surface area contributed by atoms with Crippen LogP contribution in [0.5, 0.6) is 0 Å². The fourth-order valence-corrected chi connectivity index (χ4v) is 1.69. The molecule has 0 fully saturated rings. The molecule has 0 amide bonds. The minimum absolute atomic E-state index is 0.166. The van der Waals surface area contributed by atoms with Gasteiger partial charge in [-0.3, -0.25) is 0 Å². The van der Waals surface area contributed by atoms with Crippen molar-refractivity contribution in [3.8, 4) is 0 Å². The van der Waals surface area contributed by atoms with Gasteiger partial charge in [0.1, 0.15) is 0 Å². The van der Waals surface area contributed by atoms with Crippen LogP contribution in [0.15, 0.2) is 18.2 Å². The fraction of sp³-hybridized carbons (Fsp3) is 0.538. The molecule has 0 aliphatic carbocycles. The van der Waals surface area contributed by atoms with Crippen molar-refractivity contribution in [2.45, 2.75) is 38.9 Å². The number of nitrogen functional groups attached to an aromatic ring is 1. The zero-order valence-electron chi connectivity index (χ0n) is 10.5. The lowest BCUT2D eigenvalue weighted by Gasteiger charge is -2.09. The van der Waals surface area contributed by atoms with Crippen molar-refractivity contribution >= 4 is 5.69 Å². The number of hydrogen-bond donors (Lipinski definition) is 2. The average Bonchev–Trinajstić information content (AvgIpc) is 2.26. The number of rotatable bonds is 6. The molecule has 1 aromatic carbocycles. The molecule has 0 unspecified atom stereocenters. The Kier molecular flexibility index (Phi) is 5.47. The first-order valence-corrected chi connectivity index (χ1v) is 6.01. The third-order valence-corrected chi connectivity index (χ3v) is 2.68. The van der Waals surface area contributed by atoms with Crippen molar-refractivity contribution in [3.63, 3.8) is 0 Å². The van der Waals surface area contributed by atoms with Gasteiger partial charge in [0.15, 0.2) is 0 Å². The van der Waals surface area contributed by atoms with Crippen LogP contribution in [0, 0.1) is 6.92 Å². The van der Waals surface area contributed by atoms with E-state index in [4.69, 9.17) is 5.73 Å². The summed E-state index contributed by atoms with van der Waals surface area (Å²) < 4.78 is 35.7. The Balaban J connectivity index is 2.20. The Morgan fingerprint density at radius 3 is 2.61 bits per heavy atom. The van der Waals surface area contributed by atoms with Gasteiger partial charge in [0, 0.05) is 18.7 Å². The van der Waals surface area contributed by atoms with Gasteiger partial charge in [-0.15, -0.1) is 0 Å². The van der Waals surface area contributed by atoms with Crippen LogP contribution in [0.3, 0.4) is 0 Å². The van der Waals surface area contributed by atoms with Crippen LogP contribution in [-0.2, 0) is 6.54 Å². The predicted molar refractivity (Wildman–Crippen MR) is 67.2 cm³/mol. The van der Waals surface area contributed by atoms with Gasteiger partial charge in [-0.2, -0.15) is 13.2 Å². The summed E-state index contributed by atoms with van der Waals surface area (Å²) in [6, 6.07) is 5.76. The van der Waals surface area contributed by atoms with Gasteiger partial charge in [0.25, 0.3) is 0 Å². The number of benzene rings is 1. The van der Waals surface area contributed by atoms with E-state index in [1.54, 1.807) is 0 Å². The number of nitrogens with one attached hydrogen (secondary N) is 1. The van der Waals surface area contributed by atoms with E-state index in [0.29, 0.717) is 25.2 Å². The Hall–Kier alpha value is -1.23. The van der Waals surface area contributed by atoms with Gasteiger partial charge in [0.2, 0.25) is 0 Å². The third kappa shape index (κ3) is 5.91. The standard InChI is InChI=1S/C13H19F3N2/c1-10-4-5-12(17)11(8-10)9-18-7-3-2-6-13(14,15)16/h4-5,8,18H,2-3,6-7,9,17H2,1H3. The molecule has 0 aliphatic heterocycles. The summed E-state index contributed by atoms with van der Waals surface area (Å²) >= 11 is 0. The molecule has 0 aromatic heterocycles. The average molecular weight is 260 g/mol. The maximum absolute atomic E-state index is 11.9. The molecule has 1 rings (SSSR count). The third-order valence-electron chi connectivity index (χ3n) is 2.68. The lowest BCUT2D eigenvalue weighted by Crippen LogP contribution is -2.16. The summed E-state index contributed by atoms with van der Waals surface area (Å²) in [5, 5.41) is 3.11. The molecule has 0 atom stereocenters. The number of halogens is 3. The summed E-state index contributed by atoms with van der Waals surface area (Å²) in [6.45, 7) is 3.15. The quantitative estimate of drug-likeness (QED) is 0.607. The minimum atomic E-state index is -4.04. The van der Waals surface area contributed by atoms with Crippen LogP contribution in [0.1, 0.15) is 30.4 Å². The monoisotopic (exact) mass is 260 g/mol. The highest BCUT2D eigenvalue weighted by Gasteiger charge is 2.25. The number of nitrogens with two attached hydrogens (primary N) is 1. The fourth-order valence-electron chi connectivity index (χ4n) is 1.69. The molecule has 0 radical (unpaired) electrons. The summed E-state index contributed by atoms with van der Waals surface area (Å²) in [6.07, 6.45) is -4.06. The van der Waals surface area contributed by atoms with E-state index in [1.165, 1.54) is 0 Å². The summed E-state index contributed by atoms with van der Waals surface area (Å²) in [7, 11) is 0. The maximum atomic E-state index is 11.9. The second-order valence-corrected chi connectivity index (χ2v) is 4.45. The van der Waals surface area contributed by atoms with Crippen molar-refractivity contribution in [3.05, 3.63) is 29.3 Å². The van der Waals surface area contributed by atoms with Gasteiger partial charge in [-0.25, -0.2) is 0 Å². The van der Waals surface area contributed by atoms with Gasteiger partial charge < -0.3 is 11.1 Å². The molecular weight excluding hydrogens is 241 g/mol. The van der Waals surface area contributed by atoms with E-state index in [-0.39, 0.29) is 6.42 Å². The van der Waals surface area contributed by atoms with E-state index in [1.807, 2.05) is 25.1 Å². The summed E-state index contributed by atoms with van der Waals surface area (Å²) in [5.74, 6) is 0. The first kappa shape index (κ1) is 14.8. The molecule has 0 spiro atoms. The summed E-state index contributed by atoms with van der Waals surface area (Å²) in [4.78, 5) is 0. The zero-order valence-corrected chi connectivity index (χ0v) is 10.5. The second-order valence-electron chi connectivity index (χ2n) is 4.45. The van der Waals surface area contributed by atoms with Gasteiger partial charge in [0.05, 0.1) is 0 Å². The highest BCUT2D eigenvalue weighted by molar-refractivity contribution is 5.48. The number of hydrogen-bond acceptors (Lipinski definition) is 2. The molecular formula is C13H19F3N2. The number of unbranched alkanes of at least 4 members (excludes halogenated alkanes) is 1. The lowest BCUT2D eigenvalue weighted by molar-refractivity contribution is -0.135.